The third kappa shape index (κ3) is 5.64. The summed E-state index contributed by atoms with van der Waals surface area (Å²) in [6.45, 7) is 2.78. The molecule has 0 unspecified atom stereocenters. The topological polar surface area (TPSA) is 0 Å². The minimum atomic E-state index is 1.25. The Bertz CT molecular complexity index is 126. The quantitative estimate of drug-likeness (QED) is 0.522. The van der Waals surface area contributed by atoms with E-state index in [-0.39, 0.29) is 0 Å². The normalized spacial score (nSPS) is 26.1. The van der Waals surface area contributed by atoms with Crippen LogP contribution >= 0.6 is 0 Å². The smallest absolute Gasteiger partial charge is 0.0782 e. The molecule has 1 saturated heterocycles. The molecule has 1 fully saturated rings. The van der Waals surface area contributed by atoms with Gasteiger partial charge in [0.1, 0.15) is 0 Å². The van der Waals surface area contributed by atoms with Crippen molar-refractivity contribution >= 4 is 0 Å². The van der Waals surface area contributed by atoms with E-state index in [1.54, 1.807) is 0 Å². The maximum absolute atomic E-state index is 2.39. The first-order chi connectivity index (χ1) is 6.71. The predicted octanol–water partition coefficient (Wildman–Crippen LogP) is 3.59. The van der Waals surface area contributed by atoms with Gasteiger partial charge < -0.3 is 4.48 Å². The van der Waals surface area contributed by atoms with E-state index >= 15 is 0 Å². The van der Waals surface area contributed by atoms with Crippen LogP contribution in [0.25, 0.3) is 0 Å². The summed E-state index contributed by atoms with van der Waals surface area (Å²) >= 11 is 0. The molecule has 0 atom stereocenters. The zero-order chi connectivity index (χ0) is 10.3. The molecule has 0 bridgehead atoms. The van der Waals surface area contributed by atoms with Crippen molar-refractivity contribution in [2.24, 2.45) is 0 Å². The summed E-state index contributed by atoms with van der Waals surface area (Å²) in [6, 6.07) is 0. The Morgan fingerprint density at radius 2 is 0.786 bits per heavy atom. The van der Waals surface area contributed by atoms with Gasteiger partial charge in [-0.1, -0.05) is 32.1 Å². The van der Waals surface area contributed by atoms with Gasteiger partial charge in [-0.3, -0.25) is 0 Å². The molecule has 0 amide bonds. The van der Waals surface area contributed by atoms with Gasteiger partial charge in [0.2, 0.25) is 0 Å². The maximum Gasteiger partial charge on any atom is 0.0782 e. The zero-order valence-electron chi connectivity index (χ0n) is 10.2. The van der Waals surface area contributed by atoms with Crippen molar-refractivity contribution in [1.82, 2.24) is 0 Å². The summed E-state index contributed by atoms with van der Waals surface area (Å²) in [7, 11) is 4.79. The first-order valence-electron chi connectivity index (χ1n) is 6.53. The molecule has 0 aromatic heterocycles. The number of rotatable bonds is 0. The van der Waals surface area contributed by atoms with E-state index in [1.165, 1.54) is 75.4 Å². The molecule has 1 heterocycles. The van der Waals surface area contributed by atoms with Crippen molar-refractivity contribution < 1.29 is 4.48 Å². The Morgan fingerprint density at radius 1 is 0.500 bits per heavy atom. The fraction of sp³-hybridized carbons (Fsp3) is 1.00. The number of quaternary nitrogens is 1. The molecule has 0 radical (unpaired) electrons. The molecule has 0 saturated carbocycles. The van der Waals surface area contributed by atoms with Gasteiger partial charge in [0.05, 0.1) is 27.2 Å². The highest BCUT2D eigenvalue weighted by Crippen LogP contribution is 2.14. The van der Waals surface area contributed by atoms with Gasteiger partial charge in [-0.05, 0) is 25.7 Å². The molecule has 1 rings (SSSR count). The lowest BCUT2D eigenvalue weighted by atomic mass is 10.1. The van der Waals surface area contributed by atoms with Crippen LogP contribution in [0.15, 0.2) is 0 Å². The Labute approximate surface area is 90.1 Å². The van der Waals surface area contributed by atoms with Gasteiger partial charge in [0, 0.05) is 0 Å². The average Bonchev–Trinajstić information content (AvgIpc) is 2.11. The van der Waals surface area contributed by atoms with Crippen LogP contribution in [0.2, 0.25) is 0 Å². The largest absolute Gasteiger partial charge is 0.328 e. The Hall–Kier alpha value is -0.0400. The Kier molecular flexibility index (Phi) is 5.54. The van der Waals surface area contributed by atoms with E-state index in [0.717, 1.165) is 0 Å². The van der Waals surface area contributed by atoms with E-state index in [0.29, 0.717) is 0 Å². The highest BCUT2D eigenvalue weighted by molar-refractivity contribution is 4.50. The first-order valence-corrected chi connectivity index (χ1v) is 6.53. The summed E-state index contributed by atoms with van der Waals surface area (Å²) < 4.78 is 1.25. The second-order valence-electron chi connectivity index (χ2n) is 5.56. The summed E-state index contributed by atoms with van der Waals surface area (Å²) in [5.41, 5.74) is 0. The molecule has 1 nitrogen and oxygen atoms in total. The molecule has 0 aliphatic carbocycles. The summed E-state index contributed by atoms with van der Waals surface area (Å²) in [5.74, 6) is 0. The van der Waals surface area contributed by atoms with Crippen LogP contribution in [0.4, 0.5) is 0 Å². The average molecular weight is 198 g/mol. The van der Waals surface area contributed by atoms with Crippen molar-refractivity contribution in [3.63, 3.8) is 0 Å². The lowest BCUT2D eigenvalue weighted by Crippen LogP contribution is -2.41. The number of hydrogen-bond acceptors (Lipinski definition) is 0. The van der Waals surface area contributed by atoms with E-state index in [9.17, 15) is 0 Å². The third-order valence-corrected chi connectivity index (χ3v) is 3.53. The van der Waals surface area contributed by atoms with Crippen LogP contribution < -0.4 is 0 Å². The molecule has 1 aliphatic rings. The summed E-state index contributed by atoms with van der Waals surface area (Å²) in [4.78, 5) is 0. The van der Waals surface area contributed by atoms with Gasteiger partial charge >= 0.3 is 0 Å². The molecule has 0 spiro atoms. The van der Waals surface area contributed by atoms with Crippen LogP contribution in [0.5, 0.6) is 0 Å². The monoisotopic (exact) mass is 198 g/mol. The lowest BCUT2D eigenvalue weighted by Gasteiger charge is -2.30. The van der Waals surface area contributed by atoms with E-state index in [1.807, 2.05) is 0 Å². The van der Waals surface area contributed by atoms with Gasteiger partial charge in [-0.25, -0.2) is 0 Å². The molecule has 0 N–H and O–H groups in total. The molecular formula is C13H28N+. The SMILES string of the molecule is C[N+]1(C)CCCCCCCCCCC1. The van der Waals surface area contributed by atoms with Crippen molar-refractivity contribution in [2.75, 3.05) is 27.2 Å². The second kappa shape index (κ2) is 6.44. The standard InChI is InChI=1S/C13H28N/c1-14(2)12-10-8-6-4-3-5-7-9-11-13-14/h3-13H2,1-2H3/q+1. The van der Waals surface area contributed by atoms with Crippen LogP contribution in [-0.4, -0.2) is 31.7 Å². The molecule has 84 valence electrons. The summed E-state index contributed by atoms with van der Waals surface area (Å²) in [5, 5.41) is 0. The van der Waals surface area contributed by atoms with Gasteiger partial charge in [-0.2, -0.15) is 0 Å². The molecule has 0 aromatic rings. The second-order valence-corrected chi connectivity index (χ2v) is 5.56. The van der Waals surface area contributed by atoms with Crippen molar-refractivity contribution in [2.45, 2.75) is 57.8 Å². The summed E-state index contributed by atoms with van der Waals surface area (Å²) in [6.07, 6.45) is 13.2. The minimum absolute atomic E-state index is 1.25. The van der Waals surface area contributed by atoms with Crippen LogP contribution in [0, 0.1) is 0 Å². The maximum atomic E-state index is 2.39. The van der Waals surface area contributed by atoms with Crippen LogP contribution in [-0.2, 0) is 0 Å². The van der Waals surface area contributed by atoms with Crippen LogP contribution in [0.3, 0.4) is 0 Å². The van der Waals surface area contributed by atoms with Crippen molar-refractivity contribution in [1.29, 1.82) is 0 Å². The van der Waals surface area contributed by atoms with Gasteiger partial charge in [-0.15, -0.1) is 0 Å². The third-order valence-electron chi connectivity index (χ3n) is 3.53. The van der Waals surface area contributed by atoms with Crippen LogP contribution in [0.1, 0.15) is 57.8 Å². The fourth-order valence-corrected chi connectivity index (χ4v) is 2.43. The zero-order valence-corrected chi connectivity index (χ0v) is 10.2. The fourth-order valence-electron chi connectivity index (χ4n) is 2.43. The Balaban J connectivity index is 2.24. The van der Waals surface area contributed by atoms with Crippen molar-refractivity contribution in [3.05, 3.63) is 0 Å². The molecule has 1 heteroatoms. The molecule has 14 heavy (non-hydrogen) atoms. The predicted molar refractivity (Wildman–Crippen MR) is 63.4 cm³/mol. The highest BCUT2D eigenvalue weighted by atomic mass is 15.3. The molecular weight excluding hydrogens is 170 g/mol. The molecule has 0 aromatic carbocycles. The van der Waals surface area contributed by atoms with E-state index in [2.05, 4.69) is 14.1 Å². The lowest BCUT2D eigenvalue weighted by molar-refractivity contribution is -0.890. The first kappa shape index (κ1) is 12.0. The molecule has 1 aliphatic heterocycles. The van der Waals surface area contributed by atoms with Crippen molar-refractivity contribution in [3.8, 4) is 0 Å². The minimum Gasteiger partial charge on any atom is -0.328 e. The van der Waals surface area contributed by atoms with E-state index < -0.39 is 0 Å². The van der Waals surface area contributed by atoms with Gasteiger partial charge in [0.15, 0.2) is 0 Å². The number of nitrogens with zero attached hydrogens (tertiary/aromatic N) is 1. The Morgan fingerprint density at radius 3 is 1.14 bits per heavy atom. The highest BCUT2D eigenvalue weighted by Gasteiger charge is 2.13. The van der Waals surface area contributed by atoms with Gasteiger partial charge in [0.25, 0.3) is 0 Å². The number of hydrogen-bond donors (Lipinski definition) is 0. The van der Waals surface area contributed by atoms with E-state index in [4.69, 9.17) is 0 Å².